The molecule has 0 saturated carbocycles. The third-order valence-electron chi connectivity index (χ3n) is 6.01. The molecule has 0 radical (unpaired) electrons. The second-order valence-corrected chi connectivity index (χ2v) is 8.22. The SMILES string of the molecule is C=CC(=O)N1CCC[C@@H](Nc2ncnc(N)c2C(=O)c2ccc(N(C)c3ccccc3)cc2)C1. The van der Waals surface area contributed by atoms with Crippen LogP contribution in [0.5, 0.6) is 0 Å². The van der Waals surface area contributed by atoms with E-state index in [2.05, 4.69) is 21.9 Å². The van der Waals surface area contributed by atoms with Crippen LogP contribution in [-0.2, 0) is 4.79 Å². The summed E-state index contributed by atoms with van der Waals surface area (Å²) < 4.78 is 0. The number of hydrogen-bond acceptors (Lipinski definition) is 7. The number of amides is 1. The van der Waals surface area contributed by atoms with Crippen molar-refractivity contribution in [2.75, 3.05) is 36.1 Å². The van der Waals surface area contributed by atoms with Gasteiger partial charge in [0, 0.05) is 43.1 Å². The van der Waals surface area contributed by atoms with Crippen LogP contribution < -0.4 is 16.0 Å². The lowest BCUT2D eigenvalue weighted by atomic mass is 10.0. The predicted octanol–water partition coefficient (Wildman–Crippen LogP) is 3.65. The molecular formula is C26H28N6O2. The van der Waals surface area contributed by atoms with E-state index in [0.717, 1.165) is 24.2 Å². The van der Waals surface area contributed by atoms with Gasteiger partial charge >= 0.3 is 0 Å². The van der Waals surface area contributed by atoms with Crippen molar-refractivity contribution in [3.63, 3.8) is 0 Å². The Bertz CT molecular complexity index is 1180. The summed E-state index contributed by atoms with van der Waals surface area (Å²) in [6.07, 6.45) is 4.34. The van der Waals surface area contributed by atoms with Gasteiger partial charge in [0.1, 0.15) is 23.5 Å². The van der Waals surface area contributed by atoms with Crippen LogP contribution in [0.1, 0.15) is 28.8 Å². The molecule has 2 aromatic carbocycles. The minimum Gasteiger partial charge on any atom is -0.383 e. The third kappa shape index (κ3) is 4.91. The molecule has 8 nitrogen and oxygen atoms in total. The Morgan fingerprint density at radius 3 is 2.53 bits per heavy atom. The van der Waals surface area contributed by atoms with Crippen LogP contribution in [0.3, 0.4) is 0 Å². The van der Waals surface area contributed by atoms with Crippen molar-refractivity contribution in [2.24, 2.45) is 0 Å². The van der Waals surface area contributed by atoms with Gasteiger partial charge in [0.15, 0.2) is 5.78 Å². The van der Waals surface area contributed by atoms with Gasteiger partial charge < -0.3 is 20.9 Å². The maximum atomic E-state index is 13.4. The summed E-state index contributed by atoms with van der Waals surface area (Å²) in [4.78, 5) is 37.6. The van der Waals surface area contributed by atoms with E-state index >= 15 is 0 Å². The maximum Gasteiger partial charge on any atom is 0.246 e. The van der Waals surface area contributed by atoms with Crippen molar-refractivity contribution in [3.05, 3.63) is 84.7 Å². The van der Waals surface area contributed by atoms with Gasteiger partial charge in [0.25, 0.3) is 0 Å². The maximum absolute atomic E-state index is 13.4. The lowest BCUT2D eigenvalue weighted by Gasteiger charge is -2.33. The standard InChI is InChI=1S/C26H28N6O2/c1-3-22(33)32-15-7-8-19(16-32)30-26-23(25(27)28-17-29-26)24(34)18-11-13-21(14-12-18)31(2)20-9-5-4-6-10-20/h3-6,9-14,17,19H,1,7-8,15-16H2,2H3,(H3,27,28,29,30)/t19-/m1/s1. The fourth-order valence-electron chi connectivity index (χ4n) is 4.13. The number of para-hydroxylation sites is 1. The number of aromatic nitrogens is 2. The number of benzene rings is 2. The van der Waals surface area contributed by atoms with Gasteiger partial charge in [-0.15, -0.1) is 0 Å². The molecule has 1 aromatic heterocycles. The van der Waals surface area contributed by atoms with E-state index in [1.165, 1.54) is 12.4 Å². The first-order valence-corrected chi connectivity index (χ1v) is 11.2. The number of nitrogens with zero attached hydrogens (tertiary/aromatic N) is 4. The number of nitrogen functional groups attached to an aromatic ring is 1. The first-order chi connectivity index (χ1) is 16.5. The molecule has 174 valence electrons. The molecule has 1 atom stereocenters. The minimum absolute atomic E-state index is 0.0552. The molecule has 0 unspecified atom stereocenters. The molecule has 1 aliphatic heterocycles. The summed E-state index contributed by atoms with van der Waals surface area (Å²) in [6, 6.07) is 17.3. The largest absolute Gasteiger partial charge is 0.383 e. The topological polar surface area (TPSA) is 104 Å². The van der Waals surface area contributed by atoms with Crippen molar-refractivity contribution in [2.45, 2.75) is 18.9 Å². The number of piperidine rings is 1. The highest BCUT2D eigenvalue weighted by atomic mass is 16.2. The lowest BCUT2D eigenvalue weighted by Crippen LogP contribution is -2.44. The Morgan fingerprint density at radius 2 is 1.82 bits per heavy atom. The summed E-state index contributed by atoms with van der Waals surface area (Å²) in [6.45, 7) is 4.75. The second-order valence-electron chi connectivity index (χ2n) is 8.22. The van der Waals surface area contributed by atoms with Crippen LogP contribution in [0.4, 0.5) is 23.0 Å². The second kappa shape index (κ2) is 10.2. The molecule has 4 rings (SSSR count). The van der Waals surface area contributed by atoms with Crippen molar-refractivity contribution < 1.29 is 9.59 Å². The van der Waals surface area contributed by atoms with Crippen LogP contribution in [0.25, 0.3) is 0 Å². The van der Waals surface area contributed by atoms with Crippen LogP contribution in [0, 0.1) is 0 Å². The van der Waals surface area contributed by atoms with E-state index in [1.807, 2.05) is 54.4 Å². The number of rotatable bonds is 7. The number of nitrogens with two attached hydrogens (primary N) is 1. The number of carbonyl (C=O) groups is 2. The highest BCUT2D eigenvalue weighted by Gasteiger charge is 2.26. The van der Waals surface area contributed by atoms with Gasteiger partial charge in [-0.2, -0.15) is 0 Å². The minimum atomic E-state index is -0.260. The Morgan fingerprint density at radius 1 is 1.12 bits per heavy atom. The van der Waals surface area contributed by atoms with Crippen molar-refractivity contribution in [1.29, 1.82) is 0 Å². The molecule has 0 aliphatic carbocycles. The summed E-state index contributed by atoms with van der Waals surface area (Å²) in [7, 11) is 1.97. The van der Waals surface area contributed by atoms with Gasteiger partial charge in [0.2, 0.25) is 5.91 Å². The zero-order valence-electron chi connectivity index (χ0n) is 19.1. The number of nitrogens with one attached hydrogen (secondary N) is 1. The van der Waals surface area contributed by atoms with Gasteiger partial charge in [0.05, 0.1) is 0 Å². The predicted molar refractivity (Wildman–Crippen MR) is 134 cm³/mol. The van der Waals surface area contributed by atoms with E-state index in [9.17, 15) is 9.59 Å². The highest BCUT2D eigenvalue weighted by molar-refractivity contribution is 6.14. The molecule has 1 aliphatic rings. The number of ketones is 1. The summed E-state index contributed by atoms with van der Waals surface area (Å²) >= 11 is 0. The third-order valence-corrected chi connectivity index (χ3v) is 6.01. The first kappa shape index (κ1) is 23.0. The Labute approximate surface area is 199 Å². The zero-order valence-corrected chi connectivity index (χ0v) is 19.1. The number of carbonyl (C=O) groups excluding carboxylic acids is 2. The van der Waals surface area contributed by atoms with Gasteiger partial charge in [-0.1, -0.05) is 24.8 Å². The monoisotopic (exact) mass is 456 g/mol. The number of hydrogen-bond donors (Lipinski definition) is 2. The summed E-state index contributed by atoms with van der Waals surface area (Å²) in [5.41, 5.74) is 8.84. The van der Waals surface area contributed by atoms with E-state index in [0.29, 0.717) is 24.5 Å². The van der Waals surface area contributed by atoms with Gasteiger partial charge in [-0.3, -0.25) is 9.59 Å². The average molecular weight is 457 g/mol. The highest BCUT2D eigenvalue weighted by Crippen LogP contribution is 2.27. The Hall–Kier alpha value is -4.20. The molecule has 1 fully saturated rings. The normalized spacial score (nSPS) is 15.4. The quantitative estimate of drug-likeness (QED) is 0.413. The van der Waals surface area contributed by atoms with E-state index in [1.54, 1.807) is 17.0 Å². The van der Waals surface area contributed by atoms with E-state index in [4.69, 9.17) is 5.73 Å². The first-order valence-electron chi connectivity index (χ1n) is 11.2. The fraction of sp³-hybridized carbons (Fsp3) is 0.231. The Kier molecular flexibility index (Phi) is 6.87. The smallest absolute Gasteiger partial charge is 0.246 e. The molecule has 3 aromatic rings. The molecule has 1 amide bonds. The van der Waals surface area contributed by atoms with E-state index in [-0.39, 0.29) is 29.1 Å². The van der Waals surface area contributed by atoms with Crippen LogP contribution in [0.15, 0.2) is 73.6 Å². The zero-order chi connectivity index (χ0) is 24.1. The number of anilines is 4. The lowest BCUT2D eigenvalue weighted by molar-refractivity contribution is -0.127. The molecule has 3 N–H and O–H groups in total. The van der Waals surface area contributed by atoms with E-state index < -0.39 is 0 Å². The van der Waals surface area contributed by atoms with Gasteiger partial charge in [-0.25, -0.2) is 9.97 Å². The summed E-state index contributed by atoms with van der Waals surface area (Å²) in [5, 5.41) is 3.31. The average Bonchev–Trinajstić information content (AvgIpc) is 2.88. The number of likely N-dealkylation sites (tertiary alicyclic amines) is 1. The van der Waals surface area contributed by atoms with Crippen molar-refractivity contribution >= 4 is 34.7 Å². The fourth-order valence-corrected chi connectivity index (χ4v) is 4.13. The molecular weight excluding hydrogens is 428 g/mol. The molecule has 1 saturated heterocycles. The molecule has 2 heterocycles. The van der Waals surface area contributed by atoms with Crippen molar-refractivity contribution in [1.82, 2.24) is 14.9 Å². The Balaban J connectivity index is 1.54. The molecule has 0 bridgehead atoms. The molecule has 0 spiro atoms. The van der Waals surface area contributed by atoms with Gasteiger partial charge in [-0.05, 0) is 55.3 Å². The summed E-state index contributed by atoms with van der Waals surface area (Å²) in [5.74, 6) is 0.124. The van der Waals surface area contributed by atoms with Crippen LogP contribution in [-0.4, -0.2) is 52.7 Å². The van der Waals surface area contributed by atoms with Crippen molar-refractivity contribution in [3.8, 4) is 0 Å². The molecule has 8 heteroatoms. The molecule has 34 heavy (non-hydrogen) atoms. The van der Waals surface area contributed by atoms with Crippen LogP contribution >= 0.6 is 0 Å². The van der Waals surface area contributed by atoms with Crippen LogP contribution in [0.2, 0.25) is 0 Å².